The van der Waals surface area contributed by atoms with Crippen LogP contribution >= 0.6 is 15.9 Å². The van der Waals surface area contributed by atoms with Crippen LogP contribution in [0.3, 0.4) is 0 Å². The first-order chi connectivity index (χ1) is 6.18. The second-order valence-corrected chi connectivity index (χ2v) is 3.83. The predicted octanol–water partition coefficient (Wildman–Crippen LogP) is 2.89. The number of nitrogens with two attached hydrogens (primary N) is 1. The van der Waals surface area contributed by atoms with Gasteiger partial charge in [-0.2, -0.15) is 0 Å². The molecule has 1 aromatic carbocycles. The summed E-state index contributed by atoms with van der Waals surface area (Å²) in [6.07, 6.45) is 0. The van der Waals surface area contributed by atoms with Gasteiger partial charge in [-0.1, -0.05) is 22.0 Å². The van der Waals surface area contributed by atoms with E-state index in [0.717, 1.165) is 20.9 Å². The summed E-state index contributed by atoms with van der Waals surface area (Å²) in [5, 5.41) is 1.12. The van der Waals surface area contributed by atoms with E-state index in [1.165, 1.54) is 0 Å². The van der Waals surface area contributed by atoms with Crippen molar-refractivity contribution in [3.8, 4) is 0 Å². The first-order valence-corrected chi connectivity index (χ1v) is 4.79. The third-order valence-electron chi connectivity index (χ3n) is 2.07. The molecule has 0 fully saturated rings. The molecule has 2 nitrogen and oxygen atoms in total. The van der Waals surface area contributed by atoms with Gasteiger partial charge in [-0.05, 0) is 30.7 Å². The molecule has 0 unspecified atom stereocenters. The Hall–Kier alpha value is -1.09. The molecule has 0 saturated heterocycles. The Balaban J connectivity index is 2.89. The van der Waals surface area contributed by atoms with Crippen LogP contribution in [-0.4, -0.2) is 4.98 Å². The molecule has 66 valence electrons. The highest BCUT2D eigenvalue weighted by molar-refractivity contribution is 9.10. The molecule has 2 N–H and O–H groups in total. The molecule has 1 aromatic heterocycles. The van der Waals surface area contributed by atoms with Crippen LogP contribution in [0.1, 0.15) is 5.56 Å². The maximum absolute atomic E-state index is 5.62. The number of aryl methyl sites for hydroxylation is 1. The molecule has 2 aromatic rings. The third kappa shape index (κ3) is 1.40. The Morgan fingerprint density at radius 2 is 1.92 bits per heavy atom. The number of nitrogens with zero attached hydrogens (tertiary/aromatic N) is 1. The second kappa shape index (κ2) is 3.00. The van der Waals surface area contributed by atoms with Crippen molar-refractivity contribution in [1.29, 1.82) is 0 Å². The van der Waals surface area contributed by atoms with Crippen molar-refractivity contribution in [3.05, 3.63) is 34.3 Å². The van der Waals surface area contributed by atoms with Gasteiger partial charge in [0.25, 0.3) is 0 Å². The molecule has 0 aliphatic rings. The van der Waals surface area contributed by atoms with E-state index in [-0.39, 0.29) is 0 Å². The first-order valence-electron chi connectivity index (χ1n) is 4.00. The SMILES string of the molecule is Cc1c(Br)ccc2ccc(N)nc12. The lowest BCUT2D eigenvalue weighted by molar-refractivity contribution is 1.36. The lowest BCUT2D eigenvalue weighted by atomic mass is 10.1. The van der Waals surface area contributed by atoms with Gasteiger partial charge in [0.2, 0.25) is 0 Å². The highest BCUT2D eigenvalue weighted by Crippen LogP contribution is 2.24. The molecule has 0 bridgehead atoms. The third-order valence-corrected chi connectivity index (χ3v) is 2.93. The number of fused-ring (bicyclic) bond motifs is 1. The molecule has 0 saturated carbocycles. The summed E-state index contributed by atoms with van der Waals surface area (Å²) in [5.41, 5.74) is 7.71. The maximum atomic E-state index is 5.62. The topological polar surface area (TPSA) is 38.9 Å². The summed E-state index contributed by atoms with van der Waals surface area (Å²) in [6, 6.07) is 7.85. The highest BCUT2D eigenvalue weighted by atomic mass is 79.9. The second-order valence-electron chi connectivity index (χ2n) is 2.98. The fourth-order valence-electron chi connectivity index (χ4n) is 1.32. The van der Waals surface area contributed by atoms with Crippen molar-refractivity contribution < 1.29 is 0 Å². The molecular weight excluding hydrogens is 228 g/mol. The molecule has 1 heterocycles. The Morgan fingerprint density at radius 1 is 1.23 bits per heavy atom. The van der Waals surface area contributed by atoms with Gasteiger partial charge < -0.3 is 5.73 Å². The van der Waals surface area contributed by atoms with E-state index in [0.29, 0.717) is 5.82 Å². The zero-order valence-corrected chi connectivity index (χ0v) is 8.80. The first kappa shape index (κ1) is 8.51. The van der Waals surface area contributed by atoms with Crippen molar-refractivity contribution in [2.24, 2.45) is 0 Å². The van der Waals surface area contributed by atoms with Gasteiger partial charge in [0.05, 0.1) is 5.52 Å². The summed E-state index contributed by atoms with van der Waals surface area (Å²) in [6.45, 7) is 2.03. The van der Waals surface area contributed by atoms with Crippen LogP contribution < -0.4 is 5.73 Å². The van der Waals surface area contributed by atoms with Crippen molar-refractivity contribution in [2.45, 2.75) is 6.92 Å². The Morgan fingerprint density at radius 3 is 2.69 bits per heavy atom. The lowest BCUT2D eigenvalue weighted by Crippen LogP contribution is -1.91. The average Bonchev–Trinajstić information content (AvgIpc) is 2.12. The van der Waals surface area contributed by atoms with Crippen molar-refractivity contribution in [1.82, 2.24) is 4.98 Å². The van der Waals surface area contributed by atoms with E-state index in [1.54, 1.807) is 0 Å². The van der Waals surface area contributed by atoms with Gasteiger partial charge in [-0.25, -0.2) is 4.98 Å². The summed E-state index contributed by atoms with van der Waals surface area (Å²) in [5.74, 6) is 0.564. The number of aromatic nitrogens is 1. The van der Waals surface area contributed by atoms with Crippen LogP contribution in [0.2, 0.25) is 0 Å². The summed E-state index contributed by atoms with van der Waals surface area (Å²) in [4.78, 5) is 4.28. The minimum absolute atomic E-state index is 0.564. The van der Waals surface area contributed by atoms with Crippen LogP contribution in [0.15, 0.2) is 28.7 Å². The minimum atomic E-state index is 0.564. The van der Waals surface area contributed by atoms with E-state index in [2.05, 4.69) is 20.9 Å². The maximum Gasteiger partial charge on any atom is 0.124 e. The minimum Gasteiger partial charge on any atom is -0.384 e. The standard InChI is InChI=1S/C10H9BrN2/c1-6-8(11)4-2-7-3-5-9(12)13-10(6)7/h2-5H,1H3,(H2,12,13). The molecule has 0 amide bonds. The van der Waals surface area contributed by atoms with Gasteiger partial charge >= 0.3 is 0 Å². The molecule has 0 spiro atoms. The summed E-state index contributed by atoms with van der Waals surface area (Å²) < 4.78 is 1.07. The number of hydrogen-bond donors (Lipinski definition) is 1. The molecule has 0 aliphatic carbocycles. The van der Waals surface area contributed by atoms with Gasteiger partial charge in [-0.3, -0.25) is 0 Å². The van der Waals surface area contributed by atoms with Gasteiger partial charge in [0.15, 0.2) is 0 Å². The number of halogens is 1. The fourth-order valence-corrected chi connectivity index (χ4v) is 1.64. The molecule has 0 aliphatic heterocycles. The largest absolute Gasteiger partial charge is 0.384 e. The number of rotatable bonds is 0. The average molecular weight is 237 g/mol. The summed E-state index contributed by atoms with van der Waals surface area (Å²) in [7, 11) is 0. The molecular formula is C10H9BrN2. The number of anilines is 1. The van der Waals surface area contributed by atoms with Gasteiger partial charge in [0, 0.05) is 9.86 Å². The van der Waals surface area contributed by atoms with Crippen molar-refractivity contribution in [3.63, 3.8) is 0 Å². The quantitative estimate of drug-likeness (QED) is 0.765. The number of benzene rings is 1. The zero-order chi connectivity index (χ0) is 9.42. The fraction of sp³-hybridized carbons (Fsp3) is 0.100. The van der Waals surface area contributed by atoms with E-state index in [4.69, 9.17) is 5.73 Å². The van der Waals surface area contributed by atoms with E-state index >= 15 is 0 Å². The van der Waals surface area contributed by atoms with Crippen LogP contribution in [0, 0.1) is 6.92 Å². The van der Waals surface area contributed by atoms with E-state index < -0.39 is 0 Å². The van der Waals surface area contributed by atoms with Gasteiger partial charge in [-0.15, -0.1) is 0 Å². The van der Waals surface area contributed by atoms with Crippen molar-refractivity contribution >= 4 is 32.7 Å². The van der Waals surface area contributed by atoms with Gasteiger partial charge in [0.1, 0.15) is 5.82 Å². The van der Waals surface area contributed by atoms with E-state index in [9.17, 15) is 0 Å². The lowest BCUT2D eigenvalue weighted by Gasteiger charge is -2.03. The molecule has 0 radical (unpaired) electrons. The molecule has 3 heteroatoms. The molecule has 0 atom stereocenters. The van der Waals surface area contributed by atoms with Crippen LogP contribution in [-0.2, 0) is 0 Å². The number of pyridine rings is 1. The Labute approximate surface area is 84.9 Å². The smallest absolute Gasteiger partial charge is 0.124 e. The number of nitrogen functional groups attached to an aromatic ring is 1. The summed E-state index contributed by atoms with van der Waals surface area (Å²) >= 11 is 3.46. The van der Waals surface area contributed by atoms with Crippen LogP contribution in [0.5, 0.6) is 0 Å². The zero-order valence-electron chi connectivity index (χ0n) is 7.21. The Bertz CT molecular complexity index is 460. The van der Waals surface area contributed by atoms with Crippen LogP contribution in [0.25, 0.3) is 10.9 Å². The molecule has 13 heavy (non-hydrogen) atoms. The Kier molecular flexibility index (Phi) is 1.96. The number of hydrogen-bond acceptors (Lipinski definition) is 2. The van der Waals surface area contributed by atoms with Crippen molar-refractivity contribution in [2.75, 3.05) is 5.73 Å². The molecule has 2 rings (SSSR count). The van der Waals surface area contributed by atoms with E-state index in [1.807, 2.05) is 31.2 Å². The highest BCUT2D eigenvalue weighted by Gasteiger charge is 2.02. The normalized spacial score (nSPS) is 10.6. The van der Waals surface area contributed by atoms with Crippen LogP contribution in [0.4, 0.5) is 5.82 Å². The predicted molar refractivity (Wildman–Crippen MR) is 58.6 cm³/mol. The monoisotopic (exact) mass is 236 g/mol.